The van der Waals surface area contributed by atoms with E-state index in [2.05, 4.69) is 19.2 Å². The highest BCUT2D eigenvalue weighted by Gasteiger charge is 2.18. The van der Waals surface area contributed by atoms with Crippen molar-refractivity contribution in [2.24, 2.45) is 17.6 Å². The predicted octanol–water partition coefficient (Wildman–Crippen LogP) is 0.202. The Hall–Kier alpha value is -1.10. The minimum absolute atomic E-state index is 0.0234. The lowest BCUT2D eigenvalue weighted by atomic mass is 9.94. The zero-order chi connectivity index (χ0) is 13.4. The number of hydrogen-bond acceptors (Lipinski definition) is 3. The van der Waals surface area contributed by atoms with Crippen LogP contribution in [0.25, 0.3) is 0 Å². The molecule has 0 aliphatic carbocycles. The normalized spacial score (nSPS) is 12.4. The Labute approximate surface area is 104 Å². The summed E-state index contributed by atoms with van der Waals surface area (Å²) >= 11 is 0. The van der Waals surface area contributed by atoms with Crippen LogP contribution in [-0.4, -0.2) is 43.9 Å². The Morgan fingerprint density at radius 3 is 2.35 bits per heavy atom. The molecule has 0 radical (unpaired) electrons. The topological polar surface area (TPSA) is 75.4 Å². The van der Waals surface area contributed by atoms with Crippen LogP contribution in [0.4, 0.5) is 0 Å². The smallest absolute Gasteiger partial charge is 0.239 e. The van der Waals surface area contributed by atoms with Crippen molar-refractivity contribution < 1.29 is 9.59 Å². The zero-order valence-electron chi connectivity index (χ0n) is 11.3. The van der Waals surface area contributed by atoms with Crippen molar-refractivity contribution in [2.75, 3.05) is 27.2 Å². The Bertz CT molecular complexity index is 254. The number of likely N-dealkylation sites (N-methyl/N-ethyl adjacent to an activating group) is 2. The molecule has 0 aromatic carbocycles. The minimum atomic E-state index is -0.158. The molecule has 1 atom stereocenters. The van der Waals surface area contributed by atoms with Crippen LogP contribution in [0.3, 0.4) is 0 Å². The highest BCUT2D eigenvalue weighted by molar-refractivity contribution is 5.84. The first-order valence-corrected chi connectivity index (χ1v) is 6.05. The van der Waals surface area contributed by atoms with Crippen LogP contribution in [0.1, 0.15) is 26.7 Å². The van der Waals surface area contributed by atoms with Gasteiger partial charge in [0.25, 0.3) is 0 Å². The van der Waals surface area contributed by atoms with Crippen molar-refractivity contribution >= 4 is 11.8 Å². The summed E-state index contributed by atoms with van der Waals surface area (Å²) in [7, 11) is 3.20. The Morgan fingerprint density at radius 1 is 1.35 bits per heavy atom. The van der Waals surface area contributed by atoms with Gasteiger partial charge < -0.3 is 16.0 Å². The molecule has 0 fully saturated rings. The number of carbonyl (C=O) groups is 2. The van der Waals surface area contributed by atoms with Crippen molar-refractivity contribution in [2.45, 2.75) is 26.7 Å². The van der Waals surface area contributed by atoms with E-state index in [9.17, 15) is 9.59 Å². The second kappa shape index (κ2) is 8.06. The monoisotopic (exact) mass is 243 g/mol. The number of nitrogens with one attached hydrogen (secondary N) is 1. The quantitative estimate of drug-likeness (QED) is 0.671. The van der Waals surface area contributed by atoms with E-state index in [-0.39, 0.29) is 24.3 Å². The van der Waals surface area contributed by atoms with Crippen molar-refractivity contribution in [1.82, 2.24) is 10.2 Å². The Balaban J connectivity index is 4.16. The van der Waals surface area contributed by atoms with E-state index in [0.717, 1.165) is 6.42 Å². The first-order chi connectivity index (χ1) is 7.90. The molecule has 0 aliphatic heterocycles. The molecule has 0 spiro atoms. The third-order valence-corrected chi connectivity index (χ3v) is 2.69. The first kappa shape index (κ1) is 15.9. The van der Waals surface area contributed by atoms with Gasteiger partial charge in [-0.25, -0.2) is 0 Å². The largest absolute Gasteiger partial charge is 0.358 e. The van der Waals surface area contributed by atoms with E-state index in [1.54, 1.807) is 14.1 Å². The fraction of sp³-hybridized carbons (Fsp3) is 0.833. The first-order valence-electron chi connectivity index (χ1n) is 6.05. The average molecular weight is 243 g/mol. The van der Waals surface area contributed by atoms with E-state index >= 15 is 0 Å². The van der Waals surface area contributed by atoms with E-state index in [0.29, 0.717) is 18.9 Å². The fourth-order valence-electron chi connectivity index (χ4n) is 1.71. The summed E-state index contributed by atoms with van der Waals surface area (Å²) < 4.78 is 0. The molecule has 17 heavy (non-hydrogen) atoms. The molecule has 5 heteroatoms. The van der Waals surface area contributed by atoms with Crippen molar-refractivity contribution in [3.63, 3.8) is 0 Å². The van der Waals surface area contributed by atoms with Crippen LogP contribution in [0.15, 0.2) is 0 Å². The van der Waals surface area contributed by atoms with E-state index < -0.39 is 0 Å². The standard InChI is InChI=1S/C12H25N3O2/c1-9(2)5-10(7-13)6-12(17)15(4)8-11(16)14-3/h9-10H,5-8,13H2,1-4H3,(H,14,16)/t10-/m0/s1. The molecule has 0 rings (SSSR count). The van der Waals surface area contributed by atoms with Gasteiger partial charge in [-0.2, -0.15) is 0 Å². The third-order valence-electron chi connectivity index (χ3n) is 2.69. The summed E-state index contributed by atoms with van der Waals surface area (Å²) in [5, 5.41) is 2.49. The lowest BCUT2D eigenvalue weighted by molar-refractivity contribution is -0.135. The highest BCUT2D eigenvalue weighted by atomic mass is 16.2. The molecule has 0 saturated carbocycles. The van der Waals surface area contributed by atoms with Crippen LogP contribution in [-0.2, 0) is 9.59 Å². The summed E-state index contributed by atoms with van der Waals surface area (Å²) in [6, 6.07) is 0. The molecular formula is C12H25N3O2. The molecule has 0 heterocycles. The maximum absolute atomic E-state index is 11.8. The van der Waals surface area contributed by atoms with E-state index in [1.807, 2.05) is 0 Å². The molecule has 0 aliphatic rings. The molecule has 0 aromatic heterocycles. The lowest BCUT2D eigenvalue weighted by Gasteiger charge is -2.21. The molecule has 0 unspecified atom stereocenters. The van der Waals surface area contributed by atoms with E-state index in [1.165, 1.54) is 4.90 Å². The average Bonchev–Trinajstić information content (AvgIpc) is 2.26. The van der Waals surface area contributed by atoms with Gasteiger partial charge in [-0.05, 0) is 24.8 Å². The van der Waals surface area contributed by atoms with Gasteiger partial charge in [0.2, 0.25) is 11.8 Å². The predicted molar refractivity (Wildman–Crippen MR) is 68.3 cm³/mol. The van der Waals surface area contributed by atoms with Crippen LogP contribution >= 0.6 is 0 Å². The van der Waals surface area contributed by atoms with Crippen molar-refractivity contribution in [1.29, 1.82) is 0 Å². The molecule has 0 aromatic rings. The van der Waals surface area contributed by atoms with Crippen LogP contribution < -0.4 is 11.1 Å². The van der Waals surface area contributed by atoms with Gasteiger partial charge in [-0.3, -0.25) is 9.59 Å². The van der Waals surface area contributed by atoms with Crippen LogP contribution in [0.2, 0.25) is 0 Å². The summed E-state index contributed by atoms with van der Waals surface area (Å²) in [6.45, 7) is 4.84. The van der Waals surface area contributed by atoms with Gasteiger partial charge in [-0.1, -0.05) is 13.8 Å². The SMILES string of the molecule is CNC(=O)CN(C)C(=O)C[C@@H](CN)CC(C)C. The lowest BCUT2D eigenvalue weighted by Crippen LogP contribution is -2.38. The van der Waals surface area contributed by atoms with Crippen molar-refractivity contribution in [3.05, 3.63) is 0 Å². The maximum atomic E-state index is 11.8. The third kappa shape index (κ3) is 6.94. The Kier molecular flexibility index (Phi) is 7.54. The van der Waals surface area contributed by atoms with E-state index in [4.69, 9.17) is 5.73 Å². The van der Waals surface area contributed by atoms with Crippen LogP contribution in [0.5, 0.6) is 0 Å². The molecule has 0 bridgehead atoms. The second-order valence-corrected chi connectivity index (χ2v) is 4.86. The number of carbonyl (C=O) groups excluding carboxylic acids is 2. The molecular weight excluding hydrogens is 218 g/mol. The van der Waals surface area contributed by atoms with Gasteiger partial charge in [0.15, 0.2) is 0 Å². The fourth-order valence-corrected chi connectivity index (χ4v) is 1.71. The number of amides is 2. The van der Waals surface area contributed by atoms with Gasteiger partial charge in [0, 0.05) is 20.5 Å². The highest BCUT2D eigenvalue weighted by Crippen LogP contribution is 2.15. The Morgan fingerprint density at radius 2 is 1.94 bits per heavy atom. The summed E-state index contributed by atoms with van der Waals surface area (Å²) in [4.78, 5) is 24.4. The number of nitrogens with zero attached hydrogens (tertiary/aromatic N) is 1. The molecule has 3 N–H and O–H groups in total. The second-order valence-electron chi connectivity index (χ2n) is 4.86. The van der Waals surface area contributed by atoms with Gasteiger partial charge in [-0.15, -0.1) is 0 Å². The minimum Gasteiger partial charge on any atom is -0.358 e. The molecule has 0 saturated heterocycles. The van der Waals surface area contributed by atoms with Crippen LogP contribution in [0, 0.1) is 11.8 Å². The number of rotatable bonds is 7. The number of hydrogen-bond donors (Lipinski definition) is 2. The zero-order valence-corrected chi connectivity index (χ0v) is 11.3. The summed E-state index contributed by atoms with van der Waals surface area (Å²) in [6.07, 6.45) is 1.36. The molecule has 2 amide bonds. The van der Waals surface area contributed by atoms with Gasteiger partial charge in [0.05, 0.1) is 6.54 Å². The molecule has 5 nitrogen and oxygen atoms in total. The maximum Gasteiger partial charge on any atom is 0.239 e. The number of nitrogens with two attached hydrogens (primary N) is 1. The van der Waals surface area contributed by atoms with Gasteiger partial charge in [0.1, 0.15) is 0 Å². The van der Waals surface area contributed by atoms with Gasteiger partial charge >= 0.3 is 0 Å². The molecule has 100 valence electrons. The summed E-state index contributed by atoms with van der Waals surface area (Å²) in [5.74, 6) is 0.550. The summed E-state index contributed by atoms with van der Waals surface area (Å²) in [5.41, 5.74) is 5.65. The van der Waals surface area contributed by atoms with Crippen molar-refractivity contribution in [3.8, 4) is 0 Å².